The van der Waals surface area contributed by atoms with Crippen molar-refractivity contribution in [2.45, 2.75) is 51.5 Å². The first-order valence-electron chi connectivity index (χ1n) is 9.77. The molecule has 1 N–H and O–H groups in total. The number of carbonyl (C=O) groups is 1. The van der Waals surface area contributed by atoms with Crippen LogP contribution in [0.5, 0.6) is 0 Å². The Morgan fingerprint density at radius 1 is 1.37 bits per heavy atom. The predicted molar refractivity (Wildman–Crippen MR) is 107 cm³/mol. The Kier molecular flexibility index (Phi) is 6.59. The van der Waals surface area contributed by atoms with Gasteiger partial charge in [0.2, 0.25) is 0 Å². The fraction of sp³-hybridized carbons (Fsp3) is 0.684. The minimum absolute atomic E-state index is 0.0165. The van der Waals surface area contributed by atoms with Crippen LogP contribution in [0.15, 0.2) is 6.07 Å². The van der Waals surface area contributed by atoms with Crippen molar-refractivity contribution in [2.24, 2.45) is 13.0 Å². The molecule has 0 aromatic carbocycles. The van der Waals surface area contributed by atoms with Crippen LogP contribution < -0.4 is 5.32 Å². The second kappa shape index (κ2) is 8.93. The molecule has 1 aliphatic carbocycles. The van der Waals surface area contributed by atoms with Crippen molar-refractivity contribution in [3.8, 4) is 0 Å². The van der Waals surface area contributed by atoms with Crippen molar-refractivity contribution in [3.05, 3.63) is 28.0 Å². The Balaban J connectivity index is 1.64. The van der Waals surface area contributed by atoms with Gasteiger partial charge in [-0.1, -0.05) is 11.4 Å². The molecule has 0 radical (unpaired) electrons. The second-order valence-corrected chi connectivity index (χ2v) is 8.28. The molecular formula is C19H30N6OS. The van der Waals surface area contributed by atoms with E-state index in [4.69, 9.17) is 5.10 Å². The van der Waals surface area contributed by atoms with E-state index in [0.717, 1.165) is 30.3 Å². The zero-order valence-electron chi connectivity index (χ0n) is 16.7. The minimum Gasteiger partial charge on any atom is -0.335 e. The highest BCUT2D eigenvalue weighted by Gasteiger charge is 2.25. The number of rotatable bonds is 7. The number of nitrogens with zero attached hydrogens (tertiary/aromatic N) is 5. The number of amides is 1. The molecule has 0 bridgehead atoms. The van der Waals surface area contributed by atoms with E-state index >= 15 is 0 Å². The molecule has 0 unspecified atom stereocenters. The van der Waals surface area contributed by atoms with Gasteiger partial charge in [-0.15, -0.1) is 5.10 Å². The van der Waals surface area contributed by atoms with Gasteiger partial charge in [-0.05, 0) is 69.2 Å². The highest BCUT2D eigenvalue weighted by Crippen LogP contribution is 2.35. The SMILES string of the molecule is CCc1nnsc1C(=O)N(C)Cc1cc(C2CCC(CNC)CC2)nn1C. The molecule has 2 heterocycles. The highest BCUT2D eigenvalue weighted by atomic mass is 32.1. The van der Waals surface area contributed by atoms with Crippen LogP contribution in [-0.2, 0) is 20.0 Å². The Hall–Kier alpha value is -1.80. The third kappa shape index (κ3) is 4.55. The van der Waals surface area contributed by atoms with Gasteiger partial charge < -0.3 is 10.2 Å². The Morgan fingerprint density at radius 3 is 2.78 bits per heavy atom. The molecule has 3 rings (SSSR count). The van der Waals surface area contributed by atoms with Crippen LogP contribution in [-0.4, -0.2) is 50.8 Å². The molecule has 0 aliphatic heterocycles. The monoisotopic (exact) mass is 390 g/mol. The van der Waals surface area contributed by atoms with E-state index in [1.54, 1.807) is 4.90 Å². The largest absolute Gasteiger partial charge is 0.335 e. The van der Waals surface area contributed by atoms with Crippen LogP contribution in [0.2, 0.25) is 0 Å². The summed E-state index contributed by atoms with van der Waals surface area (Å²) < 4.78 is 5.85. The number of aromatic nitrogens is 4. The summed E-state index contributed by atoms with van der Waals surface area (Å²) in [5, 5.41) is 12.1. The Labute approximate surface area is 165 Å². The topological polar surface area (TPSA) is 75.9 Å². The lowest BCUT2D eigenvalue weighted by Crippen LogP contribution is -2.27. The molecule has 0 spiro atoms. The summed E-state index contributed by atoms with van der Waals surface area (Å²) in [6.45, 7) is 3.64. The maximum atomic E-state index is 12.7. The maximum Gasteiger partial charge on any atom is 0.267 e. The van der Waals surface area contributed by atoms with Crippen LogP contribution in [0, 0.1) is 5.92 Å². The first kappa shape index (κ1) is 19.9. The van der Waals surface area contributed by atoms with E-state index < -0.39 is 0 Å². The van der Waals surface area contributed by atoms with E-state index in [-0.39, 0.29) is 5.91 Å². The molecule has 1 amide bonds. The fourth-order valence-electron chi connectivity index (χ4n) is 3.92. The van der Waals surface area contributed by atoms with Crippen LogP contribution in [0.3, 0.4) is 0 Å². The average Bonchev–Trinajstić information content (AvgIpc) is 3.29. The average molecular weight is 391 g/mol. The maximum absolute atomic E-state index is 12.7. The summed E-state index contributed by atoms with van der Waals surface area (Å²) in [6.07, 6.45) is 5.63. The molecule has 27 heavy (non-hydrogen) atoms. The van der Waals surface area contributed by atoms with Gasteiger partial charge >= 0.3 is 0 Å². The summed E-state index contributed by atoms with van der Waals surface area (Å²) in [4.78, 5) is 15.1. The quantitative estimate of drug-likeness (QED) is 0.786. The van der Waals surface area contributed by atoms with Crippen LogP contribution >= 0.6 is 11.5 Å². The van der Waals surface area contributed by atoms with Gasteiger partial charge in [0.1, 0.15) is 4.88 Å². The van der Waals surface area contributed by atoms with Gasteiger partial charge in [0.05, 0.1) is 23.6 Å². The molecular weight excluding hydrogens is 360 g/mol. The van der Waals surface area contributed by atoms with E-state index in [1.807, 2.05) is 32.7 Å². The van der Waals surface area contributed by atoms with Crippen molar-refractivity contribution in [1.82, 2.24) is 29.6 Å². The van der Waals surface area contributed by atoms with Crippen LogP contribution in [0.4, 0.5) is 0 Å². The Morgan fingerprint density at radius 2 is 2.11 bits per heavy atom. The van der Waals surface area contributed by atoms with Crippen molar-refractivity contribution < 1.29 is 4.79 Å². The second-order valence-electron chi connectivity index (χ2n) is 7.52. The van der Waals surface area contributed by atoms with Crippen LogP contribution in [0.25, 0.3) is 0 Å². The van der Waals surface area contributed by atoms with Gasteiger partial charge in [0, 0.05) is 20.0 Å². The third-order valence-electron chi connectivity index (χ3n) is 5.58. The smallest absolute Gasteiger partial charge is 0.267 e. The summed E-state index contributed by atoms with van der Waals surface area (Å²) in [7, 11) is 5.83. The molecule has 1 fully saturated rings. The zero-order chi connectivity index (χ0) is 19.4. The molecule has 2 aromatic rings. The lowest BCUT2D eigenvalue weighted by molar-refractivity contribution is 0.0785. The fourth-order valence-corrected chi connectivity index (χ4v) is 4.66. The normalized spacial score (nSPS) is 20.0. The van der Waals surface area contributed by atoms with Gasteiger partial charge in [-0.25, -0.2) is 0 Å². The van der Waals surface area contributed by atoms with Gasteiger partial charge in [0.25, 0.3) is 5.91 Å². The minimum atomic E-state index is -0.0165. The number of aryl methyl sites for hydroxylation is 2. The predicted octanol–water partition coefficient (Wildman–Crippen LogP) is 2.60. The molecule has 1 aliphatic rings. The van der Waals surface area contributed by atoms with E-state index in [1.165, 1.54) is 42.9 Å². The summed E-state index contributed by atoms with van der Waals surface area (Å²) >= 11 is 1.18. The lowest BCUT2D eigenvalue weighted by atomic mass is 9.80. The lowest BCUT2D eigenvalue weighted by Gasteiger charge is -2.27. The van der Waals surface area contributed by atoms with Crippen molar-refractivity contribution in [3.63, 3.8) is 0 Å². The number of carbonyl (C=O) groups excluding carboxylic acids is 1. The number of hydrogen-bond acceptors (Lipinski definition) is 6. The standard InChI is InChI=1S/C19H30N6OS/c1-5-16-18(27-23-21-16)19(26)24(3)12-15-10-17(22-25(15)4)14-8-6-13(7-9-14)11-20-2/h10,13-14,20H,5-9,11-12H2,1-4H3. The molecule has 1 saturated carbocycles. The summed E-state index contributed by atoms with van der Waals surface area (Å²) in [5.41, 5.74) is 3.01. The van der Waals surface area contributed by atoms with Gasteiger partial charge in [0.15, 0.2) is 0 Å². The Bertz CT molecular complexity index is 762. The number of hydrogen-bond donors (Lipinski definition) is 1. The van der Waals surface area contributed by atoms with Gasteiger partial charge in [-0.2, -0.15) is 5.10 Å². The highest BCUT2D eigenvalue weighted by molar-refractivity contribution is 7.07. The summed E-state index contributed by atoms with van der Waals surface area (Å²) in [6, 6.07) is 2.18. The first-order chi connectivity index (χ1) is 13.0. The number of nitrogens with one attached hydrogen (secondary N) is 1. The zero-order valence-corrected chi connectivity index (χ0v) is 17.6. The summed E-state index contributed by atoms with van der Waals surface area (Å²) in [5.74, 6) is 1.31. The molecule has 148 valence electrons. The van der Waals surface area contributed by atoms with E-state index in [2.05, 4.69) is 21.0 Å². The third-order valence-corrected chi connectivity index (χ3v) is 6.34. The van der Waals surface area contributed by atoms with Crippen molar-refractivity contribution >= 4 is 17.4 Å². The van der Waals surface area contributed by atoms with Crippen LogP contribution in [0.1, 0.15) is 65.3 Å². The molecule has 2 aromatic heterocycles. The van der Waals surface area contributed by atoms with Crippen molar-refractivity contribution in [1.29, 1.82) is 0 Å². The molecule has 7 nitrogen and oxygen atoms in total. The molecule has 0 saturated heterocycles. The van der Waals surface area contributed by atoms with Gasteiger partial charge in [-0.3, -0.25) is 9.48 Å². The first-order valence-corrected chi connectivity index (χ1v) is 10.5. The molecule has 0 atom stereocenters. The van der Waals surface area contributed by atoms with E-state index in [0.29, 0.717) is 17.3 Å². The van der Waals surface area contributed by atoms with Crippen molar-refractivity contribution in [2.75, 3.05) is 20.6 Å². The molecule has 8 heteroatoms. The van der Waals surface area contributed by atoms with E-state index in [9.17, 15) is 4.79 Å².